The van der Waals surface area contributed by atoms with Gasteiger partial charge < -0.3 is 4.74 Å². The first kappa shape index (κ1) is 19.4. The second-order valence-corrected chi connectivity index (χ2v) is 13.8. The van der Waals surface area contributed by atoms with Gasteiger partial charge in [0.25, 0.3) is 0 Å². The van der Waals surface area contributed by atoms with Gasteiger partial charge in [0.1, 0.15) is 8.07 Å². The molecule has 0 saturated carbocycles. The van der Waals surface area contributed by atoms with Crippen LogP contribution in [-0.4, -0.2) is 20.0 Å². The van der Waals surface area contributed by atoms with E-state index in [2.05, 4.69) is 53.0 Å². The van der Waals surface area contributed by atoms with Crippen LogP contribution in [0.3, 0.4) is 0 Å². The molecule has 0 aliphatic carbocycles. The first-order valence-electron chi connectivity index (χ1n) is 9.55. The molecule has 0 amide bonds. The van der Waals surface area contributed by atoms with Crippen molar-refractivity contribution < 1.29 is 14.3 Å². The second-order valence-electron chi connectivity index (χ2n) is 8.21. The monoisotopic (exact) mass is 378 g/mol. The molecule has 2 aromatic rings. The van der Waals surface area contributed by atoms with E-state index in [1.807, 2.05) is 18.2 Å². The maximum atomic E-state index is 12.1. The molecule has 0 aromatic heterocycles. The van der Waals surface area contributed by atoms with Crippen LogP contribution in [0.5, 0.6) is 0 Å². The topological polar surface area (TPSA) is 43.4 Å². The third-order valence-corrected chi connectivity index (χ3v) is 12.2. The Morgan fingerprint density at radius 2 is 1.37 bits per heavy atom. The fraction of sp³-hybridized carbons (Fsp3) is 0.391. The van der Waals surface area contributed by atoms with Crippen LogP contribution in [0.15, 0.2) is 30.3 Å². The molecule has 1 heterocycles. The summed E-state index contributed by atoms with van der Waals surface area (Å²) in [5.74, 6) is 2.28. The highest BCUT2D eigenvalue weighted by Crippen LogP contribution is 2.41. The first-order valence-corrected chi connectivity index (χ1v) is 11.8. The quantitative estimate of drug-likeness (QED) is 0.297. The van der Waals surface area contributed by atoms with Crippen LogP contribution in [-0.2, 0) is 4.74 Å². The van der Waals surface area contributed by atoms with Crippen molar-refractivity contribution in [1.29, 1.82) is 0 Å². The van der Waals surface area contributed by atoms with Gasteiger partial charge in [-0.15, -0.1) is 5.54 Å². The number of carbonyl (C=O) groups excluding carboxylic acids is 2. The van der Waals surface area contributed by atoms with Crippen LogP contribution >= 0.6 is 0 Å². The minimum absolute atomic E-state index is 0.436. The molecule has 3 rings (SSSR count). The number of benzene rings is 2. The molecule has 1 aliphatic rings. The summed E-state index contributed by atoms with van der Waals surface area (Å²) in [5.41, 5.74) is 7.10. The lowest BCUT2D eigenvalue weighted by Gasteiger charge is -2.38. The van der Waals surface area contributed by atoms with Crippen LogP contribution in [0, 0.1) is 11.5 Å². The van der Waals surface area contributed by atoms with Gasteiger partial charge in [0.2, 0.25) is 0 Å². The summed E-state index contributed by atoms with van der Waals surface area (Å²) >= 11 is 0. The number of hydrogen-bond acceptors (Lipinski definition) is 3. The van der Waals surface area contributed by atoms with Gasteiger partial charge in [-0.25, -0.2) is 9.59 Å². The summed E-state index contributed by atoms with van der Waals surface area (Å²) in [4.78, 5) is 24.2. The Morgan fingerprint density at radius 1 is 0.815 bits per heavy atom. The molecular weight excluding hydrogens is 352 g/mol. The van der Waals surface area contributed by atoms with Crippen molar-refractivity contribution in [3.05, 3.63) is 47.0 Å². The summed E-state index contributed by atoms with van der Waals surface area (Å²) in [6.07, 6.45) is 0. The SMILES string of the molecule is CC(C)[Si](C#Cc1ccc2c3c(cccc13)C(=O)OC2=O)(C(C)C)C(C)C. The molecule has 0 N–H and O–H groups in total. The number of carbonyl (C=O) groups is 2. The van der Waals surface area contributed by atoms with E-state index in [9.17, 15) is 9.59 Å². The van der Waals surface area contributed by atoms with Gasteiger partial charge in [0.15, 0.2) is 0 Å². The number of esters is 2. The lowest BCUT2D eigenvalue weighted by Crippen LogP contribution is -2.43. The zero-order chi connectivity index (χ0) is 19.9. The molecule has 4 heteroatoms. The fourth-order valence-electron chi connectivity index (χ4n) is 4.66. The summed E-state index contributed by atoms with van der Waals surface area (Å²) < 4.78 is 4.84. The molecule has 1 aliphatic heterocycles. The Morgan fingerprint density at radius 3 is 1.93 bits per heavy atom. The molecule has 0 radical (unpaired) electrons. The van der Waals surface area contributed by atoms with Crippen LogP contribution < -0.4 is 0 Å². The number of hydrogen-bond donors (Lipinski definition) is 0. The van der Waals surface area contributed by atoms with E-state index in [-0.39, 0.29) is 0 Å². The largest absolute Gasteiger partial charge is 0.386 e. The predicted molar refractivity (Wildman–Crippen MR) is 112 cm³/mol. The summed E-state index contributed by atoms with van der Waals surface area (Å²) in [7, 11) is -1.87. The number of rotatable bonds is 3. The highest BCUT2D eigenvalue weighted by Gasteiger charge is 2.41. The Balaban J connectivity index is 2.25. The fourth-order valence-corrected chi connectivity index (χ4v) is 9.88. The smallest absolute Gasteiger partial charge is 0.346 e. The minimum atomic E-state index is -1.87. The molecule has 3 nitrogen and oxygen atoms in total. The van der Waals surface area contributed by atoms with E-state index < -0.39 is 20.0 Å². The molecule has 0 bridgehead atoms. The van der Waals surface area contributed by atoms with Crippen molar-refractivity contribution >= 4 is 30.8 Å². The molecule has 0 spiro atoms. The third kappa shape index (κ3) is 3.00. The lowest BCUT2D eigenvalue weighted by molar-refractivity contribution is 0.0391. The van der Waals surface area contributed by atoms with Crippen molar-refractivity contribution in [2.75, 3.05) is 0 Å². The lowest BCUT2D eigenvalue weighted by atomic mass is 9.94. The number of cyclic esters (lactones) is 2. The maximum absolute atomic E-state index is 12.1. The van der Waals surface area contributed by atoms with Gasteiger partial charge >= 0.3 is 11.9 Å². The average molecular weight is 379 g/mol. The molecule has 0 unspecified atom stereocenters. The normalized spacial score (nSPS) is 14.0. The van der Waals surface area contributed by atoms with Gasteiger partial charge in [0, 0.05) is 10.9 Å². The Labute approximate surface area is 162 Å². The predicted octanol–water partition coefficient (Wildman–Crippen LogP) is 5.72. The van der Waals surface area contributed by atoms with Crippen molar-refractivity contribution in [3.8, 4) is 11.5 Å². The van der Waals surface area contributed by atoms with Crippen molar-refractivity contribution in [3.63, 3.8) is 0 Å². The Hall–Kier alpha value is -2.38. The first-order chi connectivity index (χ1) is 12.7. The maximum Gasteiger partial charge on any atom is 0.346 e. The molecule has 2 aromatic carbocycles. The van der Waals surface area contributed by atoms with Gasteiger partial charge in [-0.05, 0) is 40.2 Å². The van der Waals surface area contributed by atoms with Crippen molar-refractivity contribution in [2.45, 2.75) is 58.2 Å². The highest BCUT2D eigenvalue weighted by molar-refractivity contribution is 6.90. The van der Waals surface area contributed by atoms with Crippen molar-refractivity contribution in [2.24, 2.45) is 0 Å². The van der Waals surface area contributed by atoms with Crippen LogP contribution in [0.2, 0.25) is 16.6 Å². The zero-order valence-corrected chi connectivity index (χ0v) is 17.8. The molecule has 27 heavy (non-hydrogen) atoms. The van der Waals surface area contributed by atoms with Gasteiger partial charge in [-0.1, -0.05) is 59.6 Å². The van der Waals surface area contributed by atoms with Gasteiger partial charge in [0.05, 0.1) is 11.1 Å². The third-order valence-electron chi connectivity index (χ3n) is 5.95. The van der Waals surface area contributed by atoms with E-state index >= 15 is 0 Å². The van der Waals surface area contributed by atoms with Crippen LogP contribution in [0.1, 0.15) is 67.8 Å². The minimum Gasteiger partial charge on any atom is -0.386 e. The molecule has 0 fully saturated rings. The summed E-state index contributed by atoms with van der Waals surface area (Å²) in [6.45, 7) is 13.7. The zero-order valence-electron chi connectivity index (χ0n) is 16.8. The van der Waals surface area contributed by atoms with Gasteiger partial charge in [-0.2, -0.15) is 0 Å². The highest BCUT2D eigenvalue weighted by atomic mass is 28.3. The molecular formula is C23H26O3Si. The molecule has 0 saturated heterocycles. The average Bonchev–Trinajstić information content (AvgIpc) is 2.59. The van der Waals surface area contributed by atoms with Gasteiger partial charge in [-0.3, -0.25) is 0 Å². The van der Waals surface area contributed by atoms with E-state index in [0.717, 1.165) is 10.9 Å². The summed E-state index contributed by atoms with van der Waals surface area (Å²) in [6, 6.07) is 9.07. The van der Waals surface area contributed by atoms with E-state index in [4.69, 9.17) is 4.74 Å². The summed E-state index contributed by atoms with van der Waals surface area (Å²) in [5, 5.41) is 1.51. The van der Waals surface area contributed by atoms with E-state index in [1.165, 1.54) is 0 Å². The molecule has 0 atom stereocenters. The second kappa shape index (κ2) is 6.98. The Bertz CT molecular complexity index is 948. The van der Waals surface area contributed by atoms with E-state index in [0.29, 0.717) is 33.1 Å². The molecule has 140 valence electrons. The Kier molecular flexibility index (Phi) is 5.01. The number of ether oxygens (including phenoxy) is 1. The standard InChI is InChI=1S/C23H26O3Si/c1-14(2)27(15(3)4,16(5)6)13-12-17-10-11-20-21-18(17)8-7-9-19(21)22(24)26-23(20)25/h7-11,14-16H,1-6H3. The van der Waals surface area contributed by atoms with Crippen molar-refractivity contribution in [1.82, 2.24) is 0 Å². The van der Waals surface area contributed by atoms with E-state index in [1.54, 1.807) is 12.1 Å². The van der Waals surface area contributed by atoms with Crippen LogP contribution in [0.4, 0.5) is 0 Å². The van der Waals surface area contributed by atoms with Crippen LogP contribution in [0.25, 0.3) is 10.8 Å².